The molecule has 3 aromatic rings. The SMILES string of the molecule is CC1=NC(=O)NC(c2cc(F)cc(F)c2)C1c1nc(-c2ccc(C#N)cc2)cs1. The predicted octanol–water partition coefficient (Wildman–Crippen LogP) is 4.97. The van der Waals surface area contributed by atoms with Gasteiger partial charge in [-0.05, 0) is 36.8 Å². The Morgan fingerprint density at radius 3 is 2.48 bits per heavy atom. The van der Waals surface area contributed by atoms with Crippen LogP contribution in [0.1, 0.15) is 35.0 Å². The Labute approximate surface area is 169 Å². The van der Waals surface area contributed by atoms with Gasteiger partial charge in [-0.25, -0.2) is 23.6 Å². The summed E-state index contributed by atoms with van der Waals surface area (Å²) in [5.74, 6) is -1.89. The van der Waals surface area contributed by atoms with Crippen LogP contribution in [-0.2, 0) is 0 Å². The van der Waals surface area contributed by atoms with Gasteiger partial charge in [0.05, 0.1) is 29.3 Å². The second kappa shape index (κ2) is 7.53. The molecular formula is C21H14F2N4OS. The van der Waals surface area contributed by atoms with Crippen LogP contribution in [0.3, 0.4) is 0 Å². The van der Waals surface area contributed by atoms with Crippen molar-refractivity contribution in [1.82, 2.24) is 10.3 Å². The number of halogens is 2. The molecule has 0 fully saturated rings. The van der Waals surface area contributed by atoms with E-state index in [0.717, 1.165) is 11.6 Å². The summed E-state index contributed by atoms with van der Waals surface area (Å²) in [6.45, 7) is 1.70. The minimum Gasteiger partial charge on any atom is -0.328 e. The molecule has 0 saturated carbocycles. The van der Waals surface area contributed by atoms with E-state index in [1.165, 1.54) is 23.5 Å². The van der Waals surface area contributed by atoms with Gasteiger partial charge in [0.25, 0.3) is 0 Å². The highest BCUT2D eigenvalue weighted by Crippen LogP contribution is 2.38. The van der Waals surface area contributed by atoms with E-state index < -0.39 is 29.6 Å². The summed E-state index contributed by atoms with van der Waals surface area (Å²) in [7, 11) is 0. The topological polar surface area (TPSA) is 78.1 Å². The molecule has 2 heterocycles. The van der Waals surface area contributed by atoms with E-state index in [0.29, 0.717) is 27.5 Å². The van der Waals surface area contributed by atoms with E-state index in [4.69, 9.17) is 5.26 Å². The van der Waals surface area contributed by atoms with Crippen molar-refractivity contribution in [3.8, 4) is 17.3 Å². The quantitative estimate of drug-likeness (QED) is 0.665. The summed E-state index contributed by atoms with van der Waals surface area (Å²) in [4.78, 5) is 20.6. The Morgan fingerprint density at radius 2 is 1.83 bits per heavy atom. The number of aromatic nitrogens is 1. The molecule has 8 heteroatoms. The average Bonchev–Trinajstić information content (AvgIpc) is 3.16. The molecule has 1 aliphatic rings. The molecule has 29 heavy (non-hydrogen) atoms. The number of nitrogens with one attached hydrogen (secondary N) is 1. The zero-order valence-electron chi connectivity index (χ0n) is 15.2. The molecule has 0 radical (unpaired) electrons. The number of carbonyl (C=O) groups excluding carboxylic acids is 1. The summed E-state index contributed by atoms with van der Waals surface area (Å²) in [5.41, 5.74) is 2.93. The number of rotatable bonds is 3. The second-order valence-electron chi connectivity index (χ2n) is 6.62. The normalized spacial score (nSPS) is 18.7. The molecule has 0 bridgehead atoms. The Kier molecular flexibility index (Phi) is 4.91. The Balaban J connectivity index is 1.74. The Morgan fingerprint density at radius 1 is 1.14 bits per heavy atom. The van der Waals surface area contributed by atoms with E-state index >= 15 is 0 Å². The molecule has 2 amide bonds. The number of nitrogens with zero attached hydrogens (tertiary/aromatic N) is 3. The predicted molar refractivity (Wildman–Crippen MR) is 106 cm³/mol. The molecule has 2 unspecified atom stereocenters. The minimum atomic E-state index is -0.717. The van der Waals surface area contributed by atoms with Gasteiger partial charge in [-0.3, -0.25) is 0 Å². The van der Waals surface area contributed by atoms with Gasteiger partial charge in [0.15, 0.2) is 0 Å². The van der Waals surface area contributed by atoms with Crippen LogP contribution in [0.25, 0.3) is 11.3 Å². The number of thiazole rings is 1. The molecule has 2 atom stereocenters. The summed E-state index contributed by atoms with van der Waals surface area (Å²) in [5, 5.41) is 14.2. The van der Waals surface area contributed by atoms with Gasteiger partial charge in [-0.1, -0.05) is 12.1 Å². The van der Waals surface area contributed by atoms with Crippen molar-refractivity contribution in [3.05, 3.63) is 75.6 Å². The molecule has 1 aromatic heterocycles. The van der Waals surface area contributed by atoms with Crippen LogP contribution in [0.5, 0.6) is 0 Å². The molecule has 0 saturated heterocycles. The van der Waals surface area contributed by atoms with Gasteiger partial charge >= 0.3 is 6.03 Å². The van der Waals surface area contributed by atoms with Crippen LogP contribution in [0.4, 0.5) is 13.6 Å². The highest BCUT2D eigenvalue weighted by Gasteiger charge is 2.35. The van der Waals surface area contributed by atoms with Crippen LogP contribution >= 0.6 is 11.3 Å². The van der Waals surface area contributed by atoms with Crippen LogP contribution in [-0.4, -0.2) is 16.7 Å². The first-order valence-corrected chi connectivity index (χ1v) is 9.60. The van der Waals surface area contributed by atoms with Gasteiger partial charge < -0.3 is 5.32 Å². The zero-order chi connectivity index (χ0) is 20.5. The number of hydrogen-bond acceptors (Lipinski definition) is 4. The smallest absolute Gasteiger partial charge is 0.328 e. The maximum atomic E-state index is 13.8. The molecule has 0 spiro atoms. The number of nitriles is 1. The van der Waals surface area contributed by atoms with E-state index in [1.54, 1.807) is 31.2 Å². The van der Waals surface area contributed by atoms with Crippen molar-refractivity contribution in [2.45, 2.75) is 18.9 Å². The molecule has 0 aliphatic carbocycles. The van der Waals surface area contributed by atoms with Gasteiger partial charge in [-0.15, -0.1) is 11.3 Å². The van der Waals surface area contributed by atoms with E-state index in [9.17, 15) is 13.6 Å². The summed E-state index contributed by atoms with van der Waals surface area (Å²) in [6.07, 6.45) is 0. The number of urea groups is 1. The first kappa shape index (κ1) is 18.9. The van der Waals surface area contributed by atoms with Crippen LogP contribution in [0.2, 0.25) is 0 Å². The summed E-state index contributed by atoms with van der Waals surface area (Å²) >= 11 is 1.38. The molecule has 1 aliphatic heterocycles. The number of hydrogen-bond donors (Lipinski definition) is 1. The van der Waals surface area contributed by atoms with Crippen molar-refractivity contribution in [2.75, 3.05) is 0 Å². The number of aliphatic imine (C=N–C) groups is 1. The molecule has 2 aromatic carbocycles. The molecule has 4 rings (SSSR count). The molecular weight excluding hydrogens is 394 g/mol. The van der Waals surface area contributed by atoms with Crippen molar-refractivity contribution < 1.29 is 13.6 Å². The minimum absolute atomic E-state index is 0.310. The van der Waals surface area contributed by atoms with Gasteiger partial charge in [0.2, 0.25) is 0 Å². The Hall–Kier alpha value is -3.44. The lowest BCUT2D eigenvalue weighted by molar-refractivity contribution is 0.242. The summed E-state index contributed by atoms with van der Waals surface area (Å²) in [6, 6.07) is 11.0. The third kappa shape index (κ3) is 3.77. The van der Waals surface area contributed by atoms with E-state index in [-0.39, 0.29) is 0 Å². The van der Waals surface area contributed by atoms with Gasteiger partial charge in [0, 0.05) is 22.7 Å². The second-order valence-corrected chi connectivity index (χ2v) is 7.51. The van der Waals surface area contributed by atoms with Crippen LogP contribution in [0.15, 0.2) is 52.8 Å². The fourth-order valence-corrected chi connectivity index (χ4v) is 4.38. The number of carbonyl (C=O) groups is 1. The van der Waals surface area contributed by atoms with Crippen LogP contribution < -0.4 is 5.32 Å². The fraction of sp³-hybridized carbons (Fsp3) is 0.143. The maximum Gasteiger partial charge on any atom is 0.341 e. The van der Waals surface area contributed by atoms with Crippen molar-refractivity contribution >= 4 is 23.1 Å². The molecule has 5 nitrogen and oxygen atoms in total. The summed E-state index contributed by atoms with van der Waals surface area (Å²) < 4.78 is 27.6. The zero-order valence-corrected chi connectivity index (χ0v) is 16.0. The lowest BCUT2D eigenvalue weighted by Crippen LogP contribution is -2.38. The highest BCUT2D eigenvalue weighted by atomic mass is 32.1. The lowest BCUT2D eigenvalue weighted by Gasteiger charge is -2.30. The van der Waals surface area contributed by atoms with Gasteiger partial charge in [-0.2, -0.15) is 5.26 Å². The van der Waals surface area contributed by atoms with Crippen molar-refractivity contribution in [3.63, 3.8) is 0 Å². The lowest BCUT2D eigenvalue weighted by atomic mass is 9.88. The fourth-order valence-electron chi connectivity index (χ4n) is 3.35. The largest absolute Gasteiger partial charge is 0.341 e. The third-order valence-corrected chi connectivity index (χ3v) is 5.61. The number of amides is 2. The number of benzene rings is 2. The van der Waals surface area contributed by atoms with Gasteiger partial charge in [0.1, 0.15) is 16.6 Å². The first-order chi connectivity index (χ1) is 13.9. The Bertz CT molecular complexity index is 1140. The van der Waals surface area contributed by atoms with Crippen LogP contribution in [0, 0.1) is 23.0 Å². The average molecular weight is 408 g/mol. The van der Waals surface area contributed by atoms with E-state index in [2.05, 4.69) is 21.4 Å². The maximum absolute atomic E-state index is 13.8. The van der Waals surface area contributed by atoms with Crippen molar-refractivity contribution in [2.24, 2.45) is 4.99 Å². The third-order valence-electron chi connectivity index (χ3n) is 4.68. The first-order valence-electron chi connectivity index (χ1n) is 8.72. The van der Waals surface area contributed by atoms with Crippen molar-refractivity contribution in [1.29, 1.82) is 5.26 Å². The van der Waals surface area contributed by atoms with E-state index in [1.807, 2.05) is 5.38 Å². The highest BCUT2D eigenvalue weighted by molar-refractivity contribution is 7.10. The monoisotopic (exact) mass is 408 g/mol. The molecule has 144 valence electrons. The molecule has 1 N–H and O–H groups in total. The standard InChI is InChI=1S/C21H14F2N4OS/c1-11-18(19(27-21(28)25-11)14-6-15(22)8-16(23)7-14)20-26-17(10-29-20)13-4-2-12(9-24)3-5-13/h2-8,10,18-19H,1H3,(H,27,28).